The summed E-state index contributed by atoms with van der Waals surface area (Å²) in [5.74, 6) is -0.650. The van der Waals surface area contributed by atoms with Crippen LogP contribution in [0.3, 0.4) is 0 Å². The van der Waals surface area contributed by atoms with E-state index < -0.39 is 5.92 Å². The van der Waals surface area contributed by atoms with Crippen molar-refractivity contribution in [2.45, 2.75) is 66.3 Å². The van der Waals surface area contributed by atoms with Gasteiger partial charge in [0.1, 0.15) is 5.92 Å². The number of carbonyl (C=O) groups excluding carboxylic acids is 1. The summed E-state index contributed by atoms with van der Waals surface area (Å²) in [6.45, 7) is 12.4. The molecule has 0 aliphatic heterocycles. The fourth-order valence-corrected chi connectivity index (χ4v) is 2.33. The molecule has 0 rings (SSSR count). The van der Waals surface area contributed by atoms with Gasteiger partial charge in [0.05, 0.1) is 6.07 Å². The van der Waals surface area contributed by atoms with Crippen molar-refractivity contribution < 1.29 is 4.79 Å². The fraction of sp³-hybridized carbons (Fsp3) is 0.857. The topological polar surface area (TPSA) is 52.9 Å². The van der Waals surface area contributed by atoms with Gasteiger partial charge in [-0.05, 0) is 32.1 Å². The fourth-order valence-electron chi connectivity index (χ4n) is 2.33. The van der Waals surface area contributed by atoms with Crippen molar-refractivity contribution in [2.75, 3.05) is 0 Å². The van der Waals surface area contributed by atoms with Crippen molar-refractivity contribution in [3.63, 3.8) is 0 Å². The Morgan fingerprint density at radius 1 is 1.29 bits per heavy atom. The molecule has 0 saturated heterocycles. The van der Waals surface area contributed by atoms with Crippen LogP contribution < -0.4 is 5.32 Å². The van der Waals surface area contributed by atoms with Crippen molar-refractivity contribution in [3.05, 3.63) is 0 Å². The summed E-state index contributed by atoms with van der Waals surface area (Å²) in [5, 5.41) is 11.9. The van der Waals surface area contributed by atoms with Crippen LogP contribution >= 0.6 is 0 Å². The van der Waals surface area contributed by atoms with E-state index in [1.165, 1.54) is 0 Å². The Morgan fingerprint density at radius 3 is 2.18 bits per heavy atom. The van der Waals surface area contributed by atoms with E-state index in [9.17, 15) is 4.79 Å². The number of hydrogen-bond acceptors (Lipinski definition) is 2. The van der Waals surface area contributed by atoms with Gasteiger partial charge in [-0.2, -0.15) is 5.26 Å². The highest BCUT2D eigenvalue weighted by atomic mass is 16.2. The highest BCUT2D eigenvalue weighted by molar-refractivity contribution is 5.81. The van der Waals surface area contributed by atoms with Gasteiger partial charge in [-0.3, -0.25) is 4.79 Å². The van der Waals surface area contributed by atoms with Crippen molar-refractivity contribution in [1.29, 1.82) is 5.26 Å². The Bertz CT molecular complexity index is 294. The van der Waals surface area contributed by atoms with Crippen LogP contribution in [0.15, 0.2) is 0 Å². The molecule has 0 heterocycles. The number of hydrogen-bond donors (Lipinski definition) is 1. The van der Waals surface area contributed by atoms with Crippen LogP contribution in [-0.4, -0.2) is 11.4 Å². The number of amides is 1. The van der Waals surface area contributed by atoms with Crippen LogP contribution in [0.25, 0.3) is 0 Å². The Labute approximate surface area is 106 Å². The van der Waals surface area contributed by atoms with Crippen molar-refractivity contribution in [1.82, 2.24) is 5.32 Å². The molecule has 0 fully saturated rings. The standard InChI is InChI=1S/C14H26N2O/c1-7-8-11(9-15)12(17)16-14(5,6)10-13(2,3)4/h11H,7-8,10H2,1-6H3,(H,16,17). The van der Waals surface area contributed by atoms with Crippen molar-refractivity contribution in [2.24, 2.45) is 11.3 Å². The summed E-state index contributed by atoms with van der Waals surface area (Å²) < 4.78 is 0. The average molecular weight is 238 g/mol. The molecule has 17 heavy (non-hydrogen) atoms. The number of rotatable bonds is 5. The lowest BCUT2D eigenvalue weighted by atomic mass is 9.81. The molecular weight excluding hydrogens is 212 g/mol. The van der Waals surface area contributed by atoms with Gasteiger partial charge < -0.3 is 5.32 Å². The van der Waals surface area contributed by atoms with Gasteiger partial charge in [-0.1, -0.05) is 34.1 Å². The van der Waals surface area contributed by atoms with Crippen LogP contribution in [0.2, 0.25) is 0 Å². The van der Waals surface area contributed by atoms with Gasteiger partial charge in [0.25, 0.3) is 0 Å². The van der Waals surface area contributed by atoms with Gasteiger partial charge in [0.2, 0.25) is 5.91 Å². The molecule has 98 valence electrons. The predicted molar refractivity (Wildman–Crippen MR) is 70.3 cm³/mol. The second-order valence-electron chi connectivity index (χ2n) is 6.58. The molecule has 0 spiro atoms. The predicted octanol–water partition coefficient (Wildman–Crippen LogP) is 3.26. The van der Waals surface area contributed by atoms with Crippen LogP contribution in [0, 0.1) is 22.7 Å². The molecule has 0 aromatic heterocycles. The van der Waals surface area contributed by atoms with E-state index in [0.717, 1.165) is 12.8 Å². The van der Waals surface area contributed by atoms with Gasteiger partial charge in [-0.15, -0.1) is 0 Å². The zero-order valence-electron chi connectivity index (χ0n) is 12.1. The lowest BCUT2D eigenvalue weighted by molar-refractivity contribution is -0.125. The largest absolute Gasteiger partial charge is 0.350 e. The third-order valence-electron chi connectivity index (χ3n) is 2.48. The third-order valence-corrected chi connectivity index (χ3v) is 2.48. The number of nitriles is 1. The van der Waals surface area contributed by atoms with E-state index in [4.69, 9.17) is 5.26 Å². The minimum atomic E-state index is -0.515. The first kappa shape index (κ1) is 16.0. The van der Waals surface area contributed by atoms with E-state index >= 15 is 0 Å². The molecule has 3 nitrogen and oxygen atoms in total. The lowest BCUT2D eigenvalue weighted by Crippen LogP contribution is -2.47. The van der Waals surface area contributed by atoms with Gasteiger partial charge >= 0.3 is 0 Å². The van der Waals surface area contributed by atoms with Gasteiger partial charge in [0.15, 0.2) is 0 Å². The molecule has 0 aliphatic carbocycles. The SMILES string of the molecule is CCCC(C#N)C(=O)NC(C)(C)CC(C)(C)C. The van der Waals surface area contributed by atoms with Crippen LogP contribution in [0.4, 0.5) is 0 Å². The quantitative estimate of drug-likeness (QED) is 0.799. The normalized spacial score (nSPS) is 13.9. The molecular formula is C14H26N2O. The maximum absolute atomic E-state index is 11.9. The van der Waals surface area contributed by atoms with E-state index in [1.807, 2.05) is 20.8 Å². The molecule has 1 N–H and O–H groups in total. The number of nitrogens with zero attached hydrogens (tertiary/aromatic N) is 1. The van der Waals surface area contributed by atoms with Crippen LogP contribution in [-0.2, 0) is 4.79 Å². The number of carbonyl (C=O) groups is 1. The molecule has 0 saturated carbocycles. The summed E-state index contributed by atoms with van der Waals surface area (Å²) in [5.41, 5.74) is -0.109. The Balaban J connectivity index is 4.51. The average Bonchev–Trinajstić information content (AvgIpc) is 2.08. The highest BCUT2D eigenvalue weighted by Gasteiger charge is 2.29. The second kappa shape index (κ2) is 6.05. The summed E-state index contributed by atoms with van der Waals surface area (Å²) >= 11 is 0. The molecule has 0 aromatic rings. The highest BCUT2D eigenvalue weighted by Crippen LogP contribution is 2.27. The monoisotopic (exact) mass is 238 g/mol. The molecule has 1 amide bonds. The van der Waals surface area contributed by atoms with E-state index in [0.29, 0.717) is 6.42 Å². The van der Waals surface area contributed by atoms with Gasteiger partial charge in [-0.25, -0.2) is 0 Å². The van der Waals surface area contributed by atoms with E-state index in [-0.39, 0.29) is 16.9 Å². The summed E-state index contributed by atoms with van der Waals surface area (Å²) in [6.07, 6.45) is 2.37. The smallest absolute Gasteiger partial charge is 0.237 e. The van der Waals surface area contributed by atoms with Crippen molar-refractivity contribution >= 4 is 5.91 Å². The molecule has 0 radical (unpaired) electrons. The maximum Gasteiger partial charge on any atom is 0.237 e. The molecule has 3 heteroatoms. The Kier molecular flexibility index (Phi) is 5.68. The zero-order valence-corrected chi connectivity index (χ0v) is 12.1. The van der Waals surface area contributed by atoms with Gasteiger partial charge in [0, 0.05) is 5.54 Å². The zero-order chi connectivity index (χ0) is 13.7. The molecule has 0 aromatic carbocycles. The first-order chi connectivity index (χ1) is 7.61. The number of nitrogens with one attached hydrogen (secondary N) is 1. The minimum absolute atomic E-state index is 0.136. The first-order valence-electron chi connectivity index (χ1n) is 6.33. The Hall–Kier alpha value is -1.04. The third kappa shape index (κ3) is 6.99. The van der Waals surface area contributed by atoms with Crippen LogP contribution in [0.5, 0.6) is 0 Å². The molecule has 1 atom stereocenters. The summed E-state index contributed by atoms with van der Waals surface area (Å²) in [7, 11) is 0. The van der Waals surface area contributed by atoms with E-state index in [2.05, 4.69) is 32.2 Å². The van der Waals surface area contributed by atoms with Crippen LogP contribution in [0.1, 0.15) is 60.8 Å². The first-order valence-corrected chi connectivity index (χ1v) is 6.33. The minimum Gasteiger partial charge on any atom is -0.350 e. The molecule has 0 bridgehead atoms. The maximum atomic E-state index is 11.9. The van der Waals surface area contributed by atoms with E-state index in [1.54, 1.807) is 0 Å². The summed E-state index contributed by atoms with van der Waals surface area (Å²) in [6, 6.07) is 2.08. The molecule has 0 aliphatic rings. The lowest BCUT2D eigenvalue weighted by Gasteiger charge is -2.33. The molecule has 1 unspecified atom stereocenters. The van der Waals surface area contributed by atoms with Crippen molar-refractivity contribution in [3.8, 4) is 6.07 Å². The Morgan fingerprint density at radius 2 is 1.82 bits per heavy atom. The summed E-state index contributed by atoms with van der Waals surface area (Å²) in [4.78, 5) is 11.9. The second-order valence-corrected chi connectivity index (χ2v) is 6.58.